The first-order chi connectivity index (χ1) is 8.65. The number of hydrogen-bond donors (Lipinski definition) is 1. The summed E-state index contributed by atoms with van der Waals surface area (Å²) in [5, 5.41) is 4.64. The van der Waals surface area contributed by atoms with Crippen LogP contribution in [0.25, 0.3) is 0 Å². The van der Waals surface area contributed by atoms with Crippen LogP contribution in [0.2, 0.25) is 10.0 Å². The number of halogens is 2. The van der Waals surface area contributed by atoms with Crippen LogP contribution in [0.15, 0.2) is 48.5 Å². The standard InChI is InChI=1S/C14H11Cl2NS/c15-12-5-1-10(2-6-12)9-17-14(18)11-3-7-13(16)8-4-11/h1-8H,9H2,(H,17,18). The average Bonchev–Trinajstić information content (AvgIpc) is 2.38. The van der Waals surface area contributed by atoms with Gasteiger partial charge in [0.2, 0.25) is 0 Å². The Bertz CT molecular complexity index is 535. The number of nitrogens with one attached hydrogen (secondary N) is 1. The predicted octanol–water partition coefficient (Wildman–Crippen LogP) is 4.46. The van der Waals surface area contributed by atoms with Crippen LogP contribution in [0.3, 0.4) is 0 Å². The molecule has 0 aliphatic heterocycles. The summed E-state index contributed by atoms with van der Waals surface area (Å²) in [5.74, 6) is 0. The first-order valence-corrected chi connectivity index (χ1v) is 6.60. The van der Waals surface area contributed by atoms with Crippen molar-refractivity contribution in [3.63, 3.8) is 0 Å². The largest absolute Gasteiger partial charge is 0.372 e. The third kappa shape index (κ3) is 3.70. The van der Waals surface area contributed by atoms with Gasteiger partial charge in [-0.15, -0.1) is 0 Å². The van der Waals surface area contributed by atoms with E-state index in [4.69, 9.17) is 35.4 Å². The predicted molar refractivity (Wildman–Crippen MR) is 81.4 cm³/mol. The molecule has 0 radical (unpaired) electrons. The molecule has 0 aliphatic rings. The smallest absolute Gasteiger partial charge is 0.106 e. The first kappa shape index (κ1) is 13.3. The Balaban J connectivity index is 1.96. The van der Waals surface area contributed by atoms with Crippen molar-refractivity contribution in [2.24, 2.45) is 0 Å². The van der Waals surface area contributed by atoms with Crippen molar-refractivity contribution in [1.82, 2.24) is 5.32 Å². The Hall–Kier alpha value is -1.09. The van der Waals surface area contributed by atoms with Gasteiger partial charge in [0.25, 0.3) is 0 Å². The van der Waals surface area contributed by atoms with E-state index in [9.17, 15) is 0 Å². The number of benzene rings is 2. The van der Waals surface area contributed by atoms with Gasteiger partial charge in [-0.2, -0.15) is 0 Å². The highest BCUT2D eigenvalue weighted by molar-refractivity contribution is 7.80. The van der Waals surface area contributed by atoms with Gasteiger partial charge in [0, 0.05) is 22.2 Å². The Morgan fingerprint density at radius 3 is 1.94 bits per heavy atom. The molecule has 0 aromatic heterocycles. The minimum absolute atomic E-state index is 0.679. The molecule has 92 valence electrons. The van der Waals surface area contributed by atoms with E-state index in [1.54, 1.807) is 0 Å². The number of rotatable bonds is 3. The van der Waals surface area contributed by atoms with Crippen LogP contribution in [0.1, 0.15) is 11.1 Å². The molecule has 1 nitrogen and oxygen atoms in total. The molecule has 0 heterocycles. The topological polar surface area (TPSA) is 12.0 Å². The van der Waals surface area contributed by atoms with Crippen LogP contribution in [-0.2, 0) is 6.54 Å². The first-order valence-electron chi connectivity index (χ1n) is 5.43. The minimum atomic E-state index is 0.679. The molecule has 0 fully saturated rings. The van der Waals surface area contributed by atoms with E-state index in [-0.39, 0.29) is 0 Å². The fraction of sp³-hybridized carbons (Fsp3) is 0.0714. The maximum atomic E-state index is 5.83. The summed E-state index contributed by atoms with van der Waals surface area (Å²) in [5.41, 5.74) is 2.10. The van der Waals surface area contributed by atoms with E-state index in [2.05, 4.69) is 5.32 Å². The van der Waals surface area contributed by atoms with Crippen molar-refractivity contribution < 1.29 is 0 Å². The van der Waals surface area contributed by atoms with Gasteiger partial charge < -0.3 is 5.32 Å². The summed E-state index contributed by atoms with van der Waals surface area (Å²) in [4.78, 5) is 0.710. The highest BCUT2D eigenvalue weighted by atomic mass is 35.5. The van der Waals surface area contributed by atoms with Crippen molar-refractivity contribution in [1.29, 1.82) is 0 Å². The van der Waals surface area contributed by atoms with E-state index >= 15 is 0 Å². The zero-order valence-electron chi connectivity index (χ0n) is 9.49. The normalized spacial score (nSPS) is 10.1. The second-order valence-corrected chi connectivity index (χ2v) is 5.10. The summed E-state index contributed by atoms with van der Waals surface area (Å²) < 4.78 is 0. The van der Waals surface area contributed by atoms with Crippen molar-refractivity contribution >= 4 is 40.4 Å². The Morgan fingerprint density at radius 2 is 1.39 bits per heavy atom. The monoisotopic (exact) mass is 295 g/mol. The van der Waals surface area contributed by atoms with Crippen LogP contribution in [0, 0.1) is 0 Å². The van der Waals surface area contributed by atoms with E-state index in [0.717, 1.165) is 16.1 Å². The number of hydrogen-bond acceptors (Lipinski definition) is 1. The van der Waals surface area contributed by atoms with Crippen molar-refractivity contribution in [2.75, 3.05) is 0 Å². The van der Waals surface area contributed by atoms with Gasteiger partial charge in [-0.25, -0.2) is 0 Å². The second-order valence-electron chi connectivity index (χ2n) is 3.82. The van der Waals surface area contributed by atoms with E-state index in [0.29, 0.717) is 16.6 Å². The van der Waals surface area contributed by atoms with Crippen molar-refractivity contribution in [2.45, 2.75) is 6.54 Å². The quantitative estimate of drug-likeness (QED) is 0.839. The van der Waals surface area contributed by atoms with Gasteiger partial charge in [0.05, 0.1) is 0 Å². The molecule has 0 spiro atoms. The average molecular weight is 296 g/mol. The SMILES string of the molecule is S=C(NCc1ccc(Cl)cc1)c1ccc(Cl)cc1. The third-order valence-electron chi connectivity index (χ3n) is 2.47. The summed E-state index contributed by atoms with van der Waals surface area (Å²) in [6.07, 6.45) is 0. The molecule has 2 aromatic rings. The summed E-state index contributed by atoms with van der Waals surface area (Å²) in [7, 11) is 0. The molecular weight excluding hydrogens is 285 g/mol. The third-order valence-corrected chi connectivity index (χ3v) is 3.36. The molecule has 4 heteroatoms. The molecule has 2 aromatic carbocycles. The maximum absolute atomic E-state index is 5.83. The lowest BCUT2D eigenvalue weighted by molar-refractivity contribution is 0.929. The molecule has 0 aliphatic carbocycles. The highest BCUT2D eigenvalue weighted by Crippen LogP contribution is 2.11. The Morgan fingerprint density at radius 1 is 0.889 bits per heavy atom. The van der Waals surface area contributed by atoms with E-state index < -0.39 is 0 Å². The summed E-state index contributed by atoms with van der Waals surface area (Å²) in [6.45, 7) is 0.679. The maximum Gasteiger partial charge on any atom is 0.106 e. The second kappa shape index (κ2) is 6.19. The summed E-state index contributed by atoms with van der Waals surface area (Å²) in [6, 6.07) is 15.1. The molecule has 0 atom stereocenters. The van der Waals surface area contributed by atoms with Crippen LogP contribution >= 0.6 is 35.4 Å². The van der Waals surface area contributed by atoms with Gasteiger partial charge in [-0.1, -0.05) is 59.7 Å². The van der Waals surface area contributed by atoms with Gasteiger partial charge in [-0.05, 0) is 29.8 Å². The lowest BCUT2D eigenvalue weighted by Crippen LogP contribution is -2.21. The van der Waals surface area contributed by atoms with E-state index in [1.165, 1.54) is 0 Å². The number of thiocarbonyl (C=S) groups is 1. The van der Waals surface area contributed by atoms with Crippen LogP contribution < -0.4 is 5.32 Å². The molecule has 0 saturated carbocycles. The van der Waals surface area contributed by atoms with Crippen LogP contribution in [-0.4, -0.2) is 4.99 Å². The van der Waals surface area contributed by atoms with Crippen LogP contribution in [0.5, 0.6) is 0 Å². The van der Waals surface area contributed by atoms with Gasteiger partial charge in [-0.3, -0.25) is 0 Å². The fourth-order valence-corrected chi connectivity index (χ4v) is 1.95. The van der Waals surface area contributed by atoms with E-state index in [1.807, 2.05) is 48.5 Å². The lowest BCUT2D eigenvalue weighted by atomic mass is 10.2. The van der Waals surface area contributed by atoms with Crippen molar-refractivity contribution in [3.05, 3.63) is 69.7 Å². The lowest BCUT2D eigenvalue weighted by Gasteiger charge is -2.08. The fourth-order valence-electron chi connectivity index (χ4n) is 1.49. The Labute approximate surface area is 122 Å². The van der Waals surface area contributed by atoms with Crippen molar-refractivity contribution in [3.8, 4) is 0 Å². The highest BCUT2D eigenvalue weighted by Gasteiger charge is 2.00. The molecule has 18 heavy (non-hydrogen) atoms. The zero-order chi connectivity index (χ0) is 13.0. The molecular formula is C14H11Cl2NS. The molecule has 2 rings (SSSR count). The van der Waals surface area contributed by atoms with Gasteiger partial charge in [0.15, 0.2) is 0 Å². The van der Waals surface area contributed by atoms with Gasteiger partial charge >= 0.3 is 0 Å². The minimum Gasteiger partial charge on any atom is -0.372 e. The zero-order valence-corrected chi connectivity index (χ0v) is 11.8. The Kier molecular flexibility index (Phi) is 4.59. The molecule has 0 unspecified atom stereocenters. The molecule has 0 amide bonds. The summed E-state index contributed by atoms with van der Waals surface area (Å²) >= 11 is 17.0. The van der Waals surface area contributed by atoms with Gasteiger partial charge in [0.1, 0.15) is 4.99 Å². The molecule has 0 saturated heterocycles. The molecule has 0 bridgehead atoms. The van der Waals surface area contributed by atoms with Crippen LogP contribution in [0.4, 0.5) is 0 Å². The molecule has 1 N–H and O–H groups in total.